The number of carbonyl (C=O) groups excluding carboxylic acids is 2. The third-order valence-corrected chi connectivity index (χ3v) is 10.2. The van der Waals surface area contributed by atoms with Gasteiger partial charge in [0.1, 0.15) is 17.9 Å². The van der Waals surface area contributed by atoms with Crippen molar-refractivity contribution in [3.05, 3.63) is 47.8 Å². The van der Waals surface area contributed by atoms with E-state index in [-0.39, 0.29) is 35.7 Å². The van der Waals surface area contributed by atoms with E-state index in [0.717, 1.165) is 32.1 Å². The van der Waals surface area contributed by atoms with Crippen molar-refractivity contribution < 1.29 is 14.3 Å². The molecule has 2 saturated carbocycles. The van der Waals surface area contributed by atoms with E-state index in [2.05, 4.69) is 37.0 Å². The molecule has 0 bridgehead atoms. The Balaban J connectivity index is 1.25. The number of hydrogen-bond donors (Lipinski definition) is 2. The van der Waals surface area contributed by atoms with Gasteiger partial charge in [0.2, 0.25) is 0 Å². The van der Waals surface area contributed by atoms with E-state index in [4.69, 9.17) is 16.2 Å². The molecular weight excluding hydrogens is 450 g/mol. The number of fused-ring (bicyclic) bond motifs is 5. The Labute approximate surface area is 214 Å². The molecular formula is C30H41N3O3. The first-order chi connectivity index (χ1) is 17.3. The summed E-state index contributed by atoms with van der Waals surface area (Å²) in [5, 5.41) is 0. The third kappa shape index (κ3) is 4.37. The number of nitrogens with two attached hydrogens (primary N) is 2. The fourth-order valence-corrected chi connectivity index (χ4v) is 8.05. The average molecular weight is 492 g/mol. The highest BCUT2D eigenvalue weighted by Gasteiger charge is 2.57. The molecule has 2 fully saturated rings. The maximum absolute atomic E-state index is 12.6. The lowest BCUT2D eigenvalue weighted by Gasteiger charge is -2.57. The normalized spacial score (nSPS) is 36.0. The zero-order chi connectivity index (χ0) is 25.5. The second-order valence-electron chi connectivity index (χ2n) is 12.0. The molecule has 1 unspecified atom stereocenters. The van der Waals surface area contributed by atoms with Crippen LogP contribution in [0.2, 0.25) is 0 Å². The number of rotatable bonds is 7. The van der Waals surface area contributed by atoms with E-state index in [1.807, 2.05) is 18.5 Å². The number of ether oxygens (including phenoxy) is 1. The molecule has 0 aromatic carbocycles. The van der Waals surface area contributed by atoms with Gasteiger partial charge in [0, 0.05) is 25.2 Å². The van der Waals surface area contributed by atoms with Crippen LogP contribution >= 0.6 is 0 Å². The van der Waals surface area contributed by atoms with Gasteiger partial charge in [-0.3, -0.25) is 14.6 Å². The summed E-state index contributed by atoms with van der Waals surface area (Å²) in [4.78, 5) is 28.4. The molecule has 1 aromatic rings. The van der Waals surface area contributed by atoms with Crippen LogP contribution in [-0.2, 0) is 14.3 Å². The molecule has 6 heteroatoms. The Morgan fingerprint density at radius 3 is 2.69 bits per heavy atom. The first-order valence-corrected chi connectivity index (χ1v) is 13.7. The molecule has 36 heavy (non-hydrogen) atoms. The third-order valence-electron chi connectivity index (χ3n) is 10.2. The number of Topliss-reactive ketones (excluding diaryl/α,β-unsaturated/α-hetero) is 1. The fourth-order valence-electron chi connectivity index (χ4n) is 8.05. The second kappa shape index (κ2) is 9.86. The molecule has 0 amide bonds. The molecule has 0 radical (unpaired) electrons. The van der Waals surface area contributed by atoms with Gasteiger partial charge in [0.25, 0.3) is 0 Å². The highest BCUT2D eigenvalue weighted by molar-refractivity contribution is 5.82. The molecule has 1 aromatic heterocycles. The standard InChI is InChI=1S/C30H41N3O3/c1-29-13-11-22(36-28(35)27(32)10-6-21(34)17-31)16-20(29)5-7-23-25-9-8-24(19-4-3-15-33-18-19)30(25,2)14-12-26(23)29/h3-5,8,15,18,22-23,25-27H,6-7,9-14,16-17,31-32H2,1-2H3/t22-,23-,25-,26-,27?,29-,30+/m0/s1. The molecule has 0 saturated heterocycles. The Bertz CT molecular complexity index is 1070. The highest BCUT2D eigenvalue weighted by Crippen LogP contribution is 2.66. The van der Waals surface area contributed by atoms with Crippen molar-refractivity contribution in [2.45, 2.75) is 83.8 Å². The Hall–Kier alpha value is -2.31. The van der Waals surface area contributed by atoms with Crippen LogP contribution in [0, 0.1) is 28.6 Å². The molecule has 0 aliphatic heterocycles. The van der Waals surface area contributed by atoms with Gasteiger partial charge in [0.05, 0.1) is 6.54 Å². The molecule has 4 aliphatic rings. The first-order valence-electron chi connectivity index (χ1n) is 13.7. The summed E-state index contributed by atoms with van der Waals surface area (Å²) in [6.07, 6.45) is 16.7. The van der Waals surface area contributed by atoms with Gasteiger partial charge in [0.15, 0.2) is 0 Å². The van der Waals surface area contributed by atoms with Gasteiger partial charge in [-0.25, -0.2) is 0 Å². The van der Waals surface area contributed by atoms with Crippen LogP contribution in [-0.4, -0.2) is 35.4 Å². The summed E-state index contributed by atoms with van der Waals surface area (Å²) in [6.45, 7) is 4.94. The molecule has 194 valence electrons. The number of aromatic nitrogens is 1. The average Bonchev–Trinajstić information content (AvgIpc) is 3.24. The molecule has 5 rings (SSSR count). The van der Waals surface area contributed by atoms with Crippen molar-refractivity contribution >= 4 is 17.3 Å². The lowest BCUT2D eigenvalue weighted by Crippen LogP contribution is -2.50. The van der Waals surface area contributed by atoms with Crippen LogP contribution in [0.5, 0.6) is 0 Å². The molecule has 1 heterocycles. The topological polar surface area (TPSA) is 108 Å². The van der Waals surface area contributed by atoms with E-state index in [9.17, 15) is 9.59 Å². The van der Waals surface area contributed by atoms with Crippen molar-refractivity contribution in [3.63, 3.8) is 0 Å². The maximum Gasteiger partial charge on any atom is 0.323 e. The number of nitrogens with zero attached hydrogens (tertiary/aromatic N) is 1. The monoisotopic (exact) mass is 491 g/mol. The molecule has 7 atom stereocenters. The smallest absolute Gasteiger partial charge is 0.323 e. The lowest BCUT2D eigenvalue weighted by molar-refractivity contribution is -0.153. The van der Waals surface area contributed by atoms with Gasteiger partial charge in [-0.1, -0.05) is 37.6 Å². The summed E-state index contributed by atoms with van der Waals surface area (Å²) >= 11 is 0. The number of carbonyl (C=O) groups is 2. The summed E-state index contributed by atoms with van der Waals surface area (Å²) in [5.41, 5.74) is 16.0. The number of allylic oxidation sites excluding steroid dienone is 3. The second-order valence-corrected chi connectivity index (χ2v) is 12.0. The van der Waals surface area contributed by atoms with Gasteiger partial charge in [-0.2, -0.15) is 0 Å². The number of pyridine rings is 1. The minimum absolute atomic E-state index is 0.0138. The van der Waals surface area contributed by atoms with E-state index in [1.165, 1.54) is 29.6 Å². The molecule has 4 aliphatic carbocycles. The summed E-state index contributed by atoms with van der Waals surface area (Å²) in [7, 11) is 0. The summed E-state index contributed by atoms with van der Waals surface area (Å²) in [5.74, 6) is 1.57. The highest BCUT2D eigenvalue weighted by atomic mass is 16.5. The van der Waals surface area contributed by atoms with Crippen LogP contribution in [0.25, 0.3) is 5.57 Å². The van der Waals surface area contributed by atoms with Gasteiger partial charge in [-0.05, 0) is 90.7 Å². The quantitative estimate of drug-likeness (QED) is 0.427. The minimum atomic E-state index is -0.765. The Morgan fingerprint density at radius 2 is 1.94 bits per heavy atom. The zero-order valence-electron chi connectivity index (χ0n) is 21.7. The molecule has 4 N–H and O–H groups in total. The van der Waals surface area contributed by atoms with E-state index >= 15 is 0 Å². The van der Waals surface area contributed by atoms with E-state index in [1.54, 1.807) is 0 Å². The summed E-state index contributed by atoms with van der Waals surface area (Å²) in [6, 6.07) is 3.49. The van der Waals surface area contributed by atoms with Gasteiger partial charge >= 0.3 is 5.97 Å². The largest absolute Gasteiger partial charge is 0.461 e. The SMILES string of the molecule is C[C@]12CC[C@H](OC(=O)C(N)CCC(=O)CN)CC1=CC[C@@H]1[C@@H]2CC[C@]2(C)C(c3cccnc3)=CC[C@@H]12. The Morgan fingerprint density at radius 1 is 1.14 bits per heavy atom. The van der Waals surface area contributed by atoms with E-state index in [0.29, 0.717) is 24.2 Å². The molecule has 0 spiro atoms. The Kier molecular flexibility index (Phi) is 6.94. The van der Waals surface area contributed by atoms with Crippen molar-refractivity contribution in [2.24, 2.45) is 40.1 Å². The van der Waals surface area contributed by atoms with Crippen molar-refractivity contribution in [3.8, 4) is 0 Å². The number of hydrogen-bond acceptors (Lipinski definition) is 6. The lowest BCUT2D eigenvalue weighted by atomic mass is 9.47. The van der Waals surface area contributed by atoms with Crippen LogP contribution in [0.3, 0.4) is 0 Å². The molecule has 6 nitrogen and oxygen atoms in total. The first kappa shape index (κ1) is 25.3. The number of ketones is 1. The van der Waals surface area contributed by atoms with Crippen LogP contribution in [0.15, 0.2) is 42.3 Å². The van der Waals surface area contributed by atoms with Gasteiger partial charge < -0.3 is 16.2 Å². The maximum atomic E-state index is 12.6. The number of esters is 1. The minimum Gasteiger partial charge on any atom is -0.461 e. The van der Waals surface area contributed by atoms with E-state index < -0.39 is 12.0 Å². The predicted octanol–water partition coefficient (Wildman–Crippen LogP) is 4.58. The van der Waals surface area contributed by atoms with Crippen molar-refractivity contribution in [1.29, 1.82) is 0 Å². The summed E-state index contributed by atoms with van der Waals surface area (Å²) < 4.78 is 5.84. The zero-order valence-corrected chi connectivity index (χ0v) is 21.7. The van der Waals surface area contributed by atoms with Crippen LogP contribution in [0.1, 0.15) is 77.2 Å². The van der Waals surface area contributed by atoms with Crippen LogP contribution < -0.4 is 11.5 Å². The van der Waals surface area contributed by atoms with Crippen molar-refractivity contribution in [2.75, 3.05) is 6.54 Å². The fraction of sp³-hybridized carbons (Fsp3) is 0.633. The predicted molar refractivity (Wildman–Crippen MR) is 140 cm³/mol. The van der Waals surface area contributed by atoms with Gasteiger partial charge in [-0.15, -0.1) is 0 Å². The van der Waals surface area contributed by atoms with Crippen molar-refractivity contribution in [1.82, 2.24) is 4.98 Å². The van der Waals surface area contributed by atoms with Crippen LogP contribution in [0.4, 0.5) is 0 Å².